The Balaban J connectivity index is 0.000000340. The molecule has 34 heavy (non-hydrogen) atoms. The van der Waals surface area contributed by atoms with E-state index in [1.807, 2.05) is 36.4 Å². The molecule has 0 aliphatic rings. The third-order valence-corrected chi connectivity index (χ3v) is 6.87. The molecule has 2 rings (SSSR count). The summed E-state index contributed by atoms with van der Waals surface area (Å²) in [6, 6.07) is 11.7. The summed E-state index contributed by atoms with van der Waals surface area (Å²) in [5, 5.41) is 2.52. The highest BCUT2D eigenvalue weighted by atomic mass is 35.5. The van der Waals surface area contributed by atoms with Crippen LogP contribution < -0.4 is 0 Å². The maximum atomic E-state index is 5.98. The normalized spacial score (nSPS) is 11.5. The number of likely N-dealkylation sites (N-methyl/N-ethyl adjacent to an activating group) is 4. The molecule has 0 unspecified atom stereocenters. The lowest BCUT2D eigenvalue weighted by atomic mass is 10.1. The molecule has 2 aromatic rings. The van der Waals surface area contributed by atoms with Gasteiger partial charge in [0.15, 0.2) is 0 Å². The molecule has 0 amide bonds. The monoisotopic (exact) mass is 548 g/mol. The van der Waals surface area contributed by atoms with Crippen LogP contribution in [0.25, 0.3) is 0 Å². The number of hydrogen-bond donors (Lipinski definition) is 0. The van der Waals surface area contributed by atoms with Gasteiger partial charge in [0.2, 0.25) is 0 Å². The molecule has 8 heteroatoms. The Morgan fingerprint density at radius 2 is 0.824 bits per heavy atom. The molecule has 0 fully saturated rings. The molecule has 0 N–H and O–H groups in total. The van der Waals surface area contributed by atoms with Gasteiger partial charge in [-0.1, -0.05) is 58.5 Å². The molecule has 0 heterocycles. The molecule has 192 valence electrons. The number of benzene rings is 2. The van der Waals surface area contributed by atoms with Gasteiger partial charge in [-0.2, -0.15) is 0 Å². The SMILES string of the molecule is CN(C)CCN(C)CCc1ccc(Cl)c(Cl)c1.CN(C)CCN(C)CCc1ccc(Cl)c(Cl)c1. The largest absolute Gasteiger partial charge is 0.308 e. The van der Waals surface area contributed by atoms with Gasteiger partial charge in [0.1, 0.15) is 0 Å². The first-order valence-electron chi connectivity index (χ1n) is 11.5. The molecule has 0 saturated carbocycles. The third kappa shape index (κ3) is 14.1. The second-order valence-electron chi connectivity index (χ2n) is 9.21. The summed E-state index contributed by atoms with van der Waals surface area (Å²) in [6.07, 6.45) is 2.00. The van der Waals surface area contributed by atoms with Crippen LogP contribution in [0.5, 0.6) is 0 Å². The highest BCUT2D eigenvalue weighted by Crippen LogP contribution is 2.23. The molecule has 4 nitrogen and oxygen atoms in total. The summed E-state index contributed by atoms with van der Waals surface area (Å²) >= 11 is 23.7. The second kappa shape index (κ2) is 17.0. The zero-order chi connectivity index (χ0) is 25.7. The fourth-order valence-electron chi connectivity index (χ4n) is 3.00. The van der Waals surface area contributed by atoms with E-state index in [-0.39, 0.29) is 0 Å². The molecular formula is C26H40Cl4N4. The minimum atomic E-state index is 0.622. The Kier molecular flexibility index (Phi) is 15.7. The number of nitrogens with zero attached hydrogens (tertiary/aromatic N) is 4. The Morgan fingerprint density at radius 3 is 1.12 bits per heavy atom. The van der Waals surface area contributed by atoms with Crippen LogP contribution in [0.1, 0.15) is 11.1 Å². The number of halogens is 4. The van der Waals surface area contributed by atoms with Gasteiger partial charge in [0.05, 0.1) is 20.1 Å². The maximum absolute atomic E-state index is 5.98. The minimum Gasteiger partial charge on any atom is -0.308 e. The zero-order valence-electron chi connectivity index (χ0n) is 21.4. The van der Waals surface area contributed by atoms with E-state index in [1.165, 1.54) is 11.1 Å². The molecule has 0 radical (unpaired) electrons. The quantitative estimate of drug-likeness (QED) is 0.319. The Bertz CT molecular complexity index is 776. The van der Waals surface area contributed by atoms with Gasteiger partial charge in [0.25, 0.3) is 0 Å². The topological polar surface area (TPSA) is 13.0 Å². The van der Waals surface area contributed by atoms with Crippen LogP contribution in [0, 0.1) is 0 Å². The molecule has 0 aliphatic carbocycles. The first-order valence-corrected chi connectivity index (χ1v) is 13.0. The van der Waals surface area contributed by atoms with Crippen LogP contribution in [0.15, 0.2) is 36.4 Å². The molecule has 0 bridgehead atoms. The molecule has 0 atom stereocenters. The smallest absolute Gasteiger partial charge is 0.0595 e. The fourth-order valence-corrected chi connectivity index (χ4v) is 3.64. The lowest BCUT2D eigenvalue weighted by molar-refractivity contribution is 0.284. The van der Waals surface area contributed by atoms with Crippen molar-refractivity contribution in [2.24, 2.45) is 0 Å². The first-order chi connectivity index (χ1) is 16.0. The summed E-state index contributed by atoms with van der Waals surface area (Å²) < 4.78 is 0. The van der Waals surface area contributed by atoms with Gasteiger partial charge in [0, 0.05) is 39.3 Å². The van der Waals surface area contributed by atoms with E-state index in [0.717, 1.165) is 52.1 Å². The van der Waals surface area contributed by atoms with Crippen LogP contribution >= 0.6 is 46.4 Å². The molecular weight excluding hydrogens is 510 g/mol. The lowest BCUT2D eigenvalue weighted by Gasteiger charge is -2.19. The lowest BCUT2D eigenvalue weighted by Crippen LogP contribution is -2.30. The number of hydrogen-bond acceptors (Lipinski definition) is 4. The summed E-state index contributed by atoms with van der Waals surface area (Å²) in [4.78, 5) is 9.02. The Labute approximate surface area is 227 Å². The fraction of sp³-hybridized carbons (Fsp3) is 0.538. The Hall–Kier alpha value is -0.560. The van der Waals surface area contributed by atoms with E-state index in [9.17, 15) is 0 Å². The predicted molar refractivity (Wildman–Crippen MR) is 152 cm³/mol. The van der Waals surface area contributed by atoms with E-state index < -0.39 is 0 Å². The molecule has 0 spiro atoms. The van der Waals surface area contributed by atoms with Crippen LogP contribution in [0.3, 0.4) is 0 Å². The maximum Gasteiger partial charge on any atom is 0.0595 e. The van der Waals surface area contributed by atoms with Gasteiger partial charge in [-0.05, 0) is 90.5 Å². The molecule has 0 saturated heterocycles. The summed E-state index contributed by atoms with van der Waals surface area (Å²) in [6.45, 7) is 6.38. The molecule has 0 aliphatic heterocycles. The van der Waals surface area contributed by atoms with Crippen molar-refractivity contribution in [3.8, 4) is 0 Å². The van der Waals surface area contributed by atoms with Crippen molar-refractivity contribution in [1.29, 1.82) is 0 Å². The average Bonchev–Trinajstić information content (AvgIpc) is 2.78. The number of rotatable bonds is 12. The van der Waals surface area contributed by atoms with E-state index in [1.54, 1.807) is 0 Å². The summed E-state index contributed by atoms with van der Waals surface area (Å²) in [5.74, 6) is 0. The molecule has 0 aromatic heterocycles. The standard InChI is InChI=1S/2C13H20Cl2N2/c2*1-16(2)8-9-17(3)7-6-11-4-5-12(14)13(15)10-11/h2*4-5,10H,6-9H2,1-3H3. The van der Waals surface area contributed by atoms with Crippen LogP contribution in [-0.2, 0) is 12.8 Å². The van der Waals surface area contributed by atoms with E-state index in [2.05, 4.69) is 61.9 Å². The van der Waals surface area contributed by atoms with Gasteiger partial charge in [-0.15, -0.1) is 0 Å². The van der Waals surface area contributed by atoms with Crippen LogP contribution in [0.2, 0.25) is 20.1 Å². The van der Waals surface area contributed by atoms with Crippen molar-refractivity contribution in [1.82, 2.24) is 19.6 Å². The van der Waals surface area contributed by atoms with E-state index in [4.69, 9.17) is 46.4 Å². The van der Waals surface area contributed by atoms with Crippen molar-refractivity contribution < 1.29 is 0 Å². The van der Waals surface area contributed by atoms with Crippen molar-refractivity contribution in [2.75, 3.05) is 81.6 Å². The average molecular weight is 550 g/mol. The molecule has 2 aromatic carbocycles. The zero-order valence-corrected chi connectivity index (χ0v) is 24.4. The van der Waals surface area contributed by atoms with Crippen molar-refractivity contribution >= 4 is 46.4 Å². The summed E-state index contributed by atoms with van der Waals surface area (Å²) in [7, 11) is 12.6. The minimum absolute atomic E-state index is 0.622. The summed E-state index contributed by atoms with van der Waals surface area (Å²) in [5.41, 5.74) is 2.47. The second-order valence-corrected chi connectivity index (χ2v) is 10.8. The van der Waals surface area contributed by atoms with Gasteiger partial charge in [-0.25, -0.2) is 0 Å². The highest BCUT2D eigenvalue weighted by Gasteiger charge is 2.04. The Morgan fingerprint density at radius 1 is 0.471 bits per heavy atom. The van der Waals surface area contributed by atoms with Crippen LogP contribution in [0.4, 0.5) is 0 Å². The van der Waals surface area contributed by atoms with E-state index >= 15 is 0 Å². The van der Waals surface area contributed by atoms with Crippen molar-refractivity contribution in [3.05, 3.63) is 67.6 Å². The van der Waals surface area contributed by atoms with Gasteiger partial charge in [-0.3, -0.25) is 0 Å². The predicted octanol–water partition coefficient (Wildman–Crippen LogP) is 6.06. The third-order valence-electron chi connectivity index (χ3n) is 5.39. The van der Waals surface area contributed by atoms with Gasteiger partial charge >= 0.3 is 0 Å². The van der Waals surface area contributed by atoms with Crippen molar-refractivity contribution in [3.63, 3.8) is 0 Å². The van der Waals surface area contributed by atoms with Crippen LogP contribution in [-0.4, -0.2) is 101 Å². The van der Waals surface area contributed by atoms with Crippen molar-refractivity contribution in [2.45, 2.75) is 12.8 Å². The first kappa shape index (κ1) is 31.5. The van der Waals surface area contributed by atoms with Gasteiger partial charge < -0.3 is 19.6 Å². The van der Waals surface area contributed by atoms with E-state index in [0.29, 0.717) is 20.1 Å². The highest BCUT2D eigenvalue weighted by molar-refractivity contribution is 6.42.